The van der Waals surface area contributed by atoms with Crippen LogP contribution in [0.5, 0.6) is 5.75 Å². The molecule has 0 atom stereocenters. The van der Waals surface area contributed by atoms with Crippen molar-refractivity contribution >= 4 is 11.3 Å². The van der Waals surface area contributed by atoms with E-state index >= 15 is 0 Å². The Bertz CT molecular complexity index is 862. The van der Waals surface area contributed by atoms with Crippen LogP contribution in [0.2, 0.25) is 0 Å². The van der Waals surface area contributed by atoms with E-state index in [1.807, 2.05) is 6.92 Å². The van der Waals surface area contributed by atoms with Gasteiger partial charge in [0.1, 0.15) is 11.6 Å². The van der Waals surface area contributed by atoms with Crippen LogP contribution in [0.15, 0.2) is 48.5 Å². The Hall–Kier alpha value is -2.20. The van der Waals surface area contributed by atoms with Crippen molar-refractivity contribution in [2.75, 3.05) is 0 Å². The van der Waals surface area contributed by atoms with Crippen molar-refractivity contribution in [2.45, 2.75) is 39.7 Å². The minimum Gasteiger partial charge on any atom is -0.485 e. The van der Waals surface area contributed by atoms with E-state index in [9.17, 15) is 4.39 Å². The molecule has 0 amide bonds. The number of ether oxygens (including phenoxy) is 1. The van der Waals surface area contributed by atoms with Gasteiger partial charge >= 0.3 is 0 Å². The predicted octanol–water partition coefficient (Wildman–Crippen LogP) is 6.13. The van der Waals surface area contributed by atoms with E-state index in [-0.39, 0.29) is 17.0 Å². The van der Waals surface area contributed by atoms with Crippen LogP contribution in [0.4, 0.5) is 4.39 Å². The number of nitrogens with zero attached hydrogens (tertiary/aromatic N) is 1. The maximum absolute atomic E-state index is 13.7. The summed E-state index contributed by atoms with van der Waals surface area (Å²) in [5, 5.41) is 0.963. The highest BCUT2D eigenvalue weighted by Gasteiger charge is 2.15. The molecular weight excluding hydrogens is 333 g/mol. The summed E-state index contributed by atoms with van der Waals surface area (Å²) in [6.07, 6.45) is 0. The first-order chi connectivity index (χ1) is 11.8. The lowest BCUT2D eigenvalue weighted by molar-refractivity contribution is 0.292. The molecule has 1 heterocycles. The van der Waals surface area contributed by atoms with Gasteiger partial charge in [0.25, 0.3) is 0 Å². The summed E-state index contributed by atoms with van der Waals surface area (Å²) in [6.45, 7) is 8.89. The third-order valence-electron chi connectivity index (χ3n) is 4.09. The van der Waals surface area contributed by atoms with E-state index in [2.05, 4.69) is 50.0 Å². The van der Waals surface area contributed by atoms with Crippen LogP contribution in [-0.4, -0.2) is 4.98 Å². The van der Waals surface area contributed by atoms with Gasteiger partial charge in [0.05, 0.1) is 10.6 Å². The summed E-state index contributed by atoms with van der Waals surface area (Å²) in [4.78, 5) is 5.66. The zero-order chi connectivity index (χ0) is 18.0. The van der Waals surface area contributed by atoms with Crippen LogP contribution in [0.1, 0.15) is 36.9 Å². The Morgan fingerprint density at radius 1 is 1.04 bits per heavy atom. The molecule has 0 saturated heterocycles. The van der Waals surface area contributed by atoms with Crippen LogP contribution in [0.25, 0.3) is 10.6 Å². The molecule has 3 rings (SSSR count). The van der Waals surface area contributed by atoms with E-state index in [1.165, 1.54) is 11.6 Å². The first-order valence-corrected chi connectivity index (χ1v) is 9.11. The highest BCUT2D eigenvalue weighted by Crippen LogP contribution is 2.31. The molecule has 0 unspecified atom stereocenters. The van der Waals surface area contributed by atoms with Crippen molar-refractivity contribution < 1.29 is 9.13 Å². The second kappa shape index (κ2) is 6.96. The summed E-state index contributed by atoms with van der Waals surface area (Å²) in [5.74, 6) is -0.0750. The normalized spacial score (nSPS) is 11.6. The lowest BCUT2D eigenvalue weighted by Crippen LogP contribution is -2.10. The monoisotopic (exact) mass is 355 g/mol. The fraction of sp³-hybridized carbons (Fsp3) is 0.286. The molecule has 0 spiro atoms. The number of halogens is 1. The van der Waals surface area contributed by atoms with Crippen molar-refractivity contribution in [3.63, 3.8) is 0 Å². The van der Waals surface area contributed by atoms with E-state index in [4.69, 9.17) is 4.74 Å². The predicted molar refractivity (Wildman–Crippen MR) is 102 cm³/mol. The molecule has 0 aliphatic rings. The molecule has 0 bridgehead atoms. The van der Waals surface area contributed by atoms with Crippen LogP contribution in [0.3, 0.4) is 0 Å². The summed E-state index contributed by atoms with van der Waals surface area (Å²) in [7, 11) is 0. The van der Waals surface area contributed by atoms with Gasteiger partial charge < -0.3 is 4.74 Å². The minimum atomic E-state index is -0.345. The highest BCUT2D eigenvalue weighted by atomic mass is 32.1. The van der Waals surface area contributed by atoms with Crippen molar-refractivity contribution in [2.24, 2.45) is 0 Å². The Morgan fingerprint density at radius 3 is 2.36 bits per heavy atom. The van der Waals surface area contributed by atoms with Gasteiger partial charge in [0.15, 0.2) is 11.6 Å². The zero-order valence-corrected chi connectivity index (χ0v) is 15.8. The quantitative estimate of drug-likeness (QED) is 0.561. The van der Waals surface area contributed by atoms with Crippen molar-refractivity contribution in [1.82, 2.24) is 4.98 Å². The van der Waals surface area contributed by atoms with Gasteiger partial charge in [-0.05, 0) is 30.0 Å². The Labute approximate surface area is 152 Å². The minimum absolute atomic E-state index is 0.135. The number of rotatable bonds is 4. The number of para-hydroxylation sites is 1. The van der Waals surface area contributed by atoms with Crippen molar-refractivity contribution in [1.29, 1.82) is 0 Å². The van der Waals surface area contributed by atoms with E-state index in [0.717, 1.165) is 21.1 Å². The number of hydrogen-bond donors (Lipinski definition) is 0. The molecule has 2 nitrogen and oxygen atoms in total. The molecule has 0 aliphatic carbocycles. The summed E-state index contributed by atoms with van der Waals surface area (Å²) >= 11 is 1.59. The molecular formula is C21H22FNOS. The average Bonchev–Trinajstić information content (AvgIpc) is 2.94. The van der Waals surface area contributed by atoms with Gasteiger partial charge in [0.2, 0.25) is 0 Å². The van der Waals surface area contributed by atoms with Gasteiger partial charge in [-0.15, -0.1) is 11.3 Å². The van der Waals surface area contributed by atoms with Crippen LogP contribution in [-0.2, 0) is 12.0 Å². The molecule has 0 fully saturated rings. The molecule has 0 N–H and O–H groups in total. The van der Waals surface area contributed by atoms with Crippen LogP contribution in [0, 0.1) is 12.7 Å². The van der Waals surface area contributed by atoms with Crippen LogP contribution >= 0.6 is 11.3 Å². The molecule has 3 aromatic rings. The first-order valence-electron chi connectivity index (χ1n) is 8.29. The fourth-order valence-corrected chi connectivity index (χ4v) is 3.48. The first kappa shape index (κ1) is 17.6. The number of benzene rings is 2. The number of aryl methyl sites for hydroxylation is 1. The SMILES string of the molecule is Cc1nc(-c2ccc(C(C)(C)C)cc2)sc1COc1ccccc1F. The molecule has 1 aromatic heterocycles. The lowest BCUT2D eigenvalue weighted by atomic mass is 9.87. The average molecular weight is 355 g/mol. The van der Waals surface area contributed by atoms with Gasteiger partial charge in [-0.2, -0.15) is 0 Å². The van der Waals surface area contributed by atoms with Gasteiger partial charge in [-0.25, -0.2) is 9.37 Å². The lowest BCUT2D eigenvalue weighted by Gasteiger charge is -2.18. The summed E-state index contributed by atoms with van der Waals surface area (Å²) in [6, 6.07) is 15.0. The molecule has 25 heavy (non-hydrogen) atoms. The van der Waals surface area contributed by atoms with Crippen LogP contribution < -0.4 is 4.74 Å². The van der Waals surface area contributed by atoms with E-state index < -0.39 is 0 Å². The third kappa shape index (κ3) is 4.07. The number of thiazole rings is 1. The summed E-state index contributed by atoms with van der Waals surface area (Å²) < 4.78 is 19.3. The highest BCUT2D eigenvalue weighted by molar-refractivity contribution is 7.15. The molecule has 4 heteroatoms. The Balaban J connectivity index is 1.77. The van der Waals surface area contributed by atoms with Crippen molar-refractivity contribution in [3.05, 3.63) is 70.5 Å². The van der Waals surface area contributed by atoms with Gasteiger partial charge in [0, 0.05) is 5.56 Å². The molecule has 0 saturated carbocycles. The maximum atomic E-state index is 13.7. The maximum Gasteiger partial charge on any atom is 0.165 e. The van der Waals surface area contributed by atoms with E-state index in [1.54, 1.807) is 29.5 Å². The van der Waals surface area contributed by atoms with Gasteiger partial charge in [-0.1, -0.05) is 57.2 Å². The topological polar surface area (TPSA) is 22.1 Å². The van der Waals surface area contributed by atoms with E-state index in [0.29, 0.717) is 6.61 Å². The largest absolute Gasteiger partial charge is 0.485 e. The number of hydrogen-bond acceptors (Lipinski definition) is 3. The molecule has 130 valence electrons. The molecule has 2 aromatic carbocycles. The smallest absolute Gasteiger partial charge is 0.165 e. The second-order valence-electron chi connectivity index (χ2n) is 7.07. The Morgan fingerprint density at radius 2 is 1.72 bits per heavy atom. The fourth-order valence-electron chi connectivity index (χ4n) is 2.50. The Kier molecular flexibility index (Phi) is 4.91. The summed E-state index contributed by atoms with van der Waals surface area (Å²) in [5.41, 5.74) is 3.46. The zero-order valence-electron chi connectivity index (χ0n) is 15.0. The number of aromatic nitrogens is 1. The third-order valence-corrected chi connectivity index (χ3v) is 5.27. The van der Waals surface area contributed by atoms with Crippen molar-refractivity contribution in [3.8, 4) is 16.3 Å². The van der Waals surface area contributed by atoms with Gasteiger partial charge in [-0.3, -0.25) is 0 Å². The molecule has 0 aliphatic heterocycles. The second-order valence-corrected chi connectivity index (χ2v) is 8.16. The standard InChI is InChI=1S/C21H22FNOS/c1-14-19(13-24-18-8-6-5-7-17(18)22)25-20(23-14)15-9-11-16(12-10-15)21(2,3)4/h5-12H,13H2,1-4H3. The molecule has 0 radical (unpaired) electrons.